The molecule has 0 amide bonds. The van der Waals surface area contributed by atoms with Gasteiger partial charge in [0, 0.05) is 42.4 Å². The van der Waals surface area contributed by atoms with E-state index >= 15 is 0 Å². The molecule has 2 aromatic carbocycles. The van der Waals surface area contributed by atoms with E-state index in [1.165, 1.54) is 11.3 Å². The smallest absolute Gasteiger partial charge is 0.338 e. The Kier molecular flexibility index (Phi) is 5.90. The van der Waals surface area contributed by atoms with Gasteiger partial charge in [-0.25, -0.2) is 9.79 Å². The SMILES string of the molecule is CCOC(=O)C1=C(C)N=c2s/c(=C\c3c[nH]c4ccccc34)c(=O)n2[C@H]1c1ccc(N(C)C)cc1. The molecule has 1 aliphatic heterocycles. The van der Waals surface area contributed by atoms with E-state index in [-0.39, 0.29) is 12.2 Å². The number of allylic oxidation sites excluding steroid dienone is 1. The topological polar surface area (TPSA) is 79.7 Å². The number of nitrogens with one attached hydrogen (secondary N) is 1. The second-order valence-electron chi connectivity index (χ2n) is 8.58. The van der Waals surface area contributed by atoms with Crippen LogP contribution in [0.2, 0.25) is 0 Å². The standard InChI is InChI=1S/C27H26N4O3S/c1-5-34-26(33)23-16(2)29-27-31(24(23)17-10-12-19(13-11-17)30(3)4)25(32)22(35-27)14-18-15-28-21-9-7-6-8-20(18)21/h6-15,24,28H,5H2,1-4H3/b22-14-/t24-/m0/s1. The van der Waals surface area contributed by atoms with E-state index in [1.54, 1.807) is 18.4 Å². The summed E-state index contributed by atoms with van der Waals surface area (Å²) >= 11 is 1.33. The summed E-state index contributed by atoms with van der Waals surface area (Å²) in [5, 5.41) is 1.04. The highest BCUT2D eigenvalue weighted by Gasteiger charge is 2.33. The number of aromatic amines is 1. The van der Waals surface area contributed by atoms with E-state index in [0.717, 1.165) is 27.7 Å². The van der Waals surface area contributed by atoms with Crippen molar-refractivity contribution in [1.29, 1.82) is 0 Å². The summed E-state index contributed by atoms with van der Waals surface area (Å²) in [6, 6.07) is 15.2. The first-order chi connectivity index (χ1) is 16.9. The van der Waals surface area contributed by atoms with Crippen LogP contribution in [0.1, 0.15) is 31.0 Å². The Bertz CT molecular complexity index is 1640. The van der Waals surface area contributed by atoms with Crippen LogP contribution >= 0.6 is 11.3 Å². The van der Waals surface area contributed by atoms with E-state index in [0.29, 0.717) is 20.6 Å². The lowest BCUT2D eigenvalue weighted by molar-refractivity contribution is -0.139. The van der Waals surface area contributed by atoms with E-state index in [4.69, 9.17) is 4.74 Å². The third-order valence-corrected chi connectivity index (χ3v) is 7.13. The molecule has 0 spiro atoms. The van der Waals surface area contributed by atoms with Crippen LogP contribution in [-0.4, -0.2) is 36.2 Å². The van der Waals surface area contributed by atoms with Crippen LogP contribution in [0, 0.1) is 0 Å². The van der Waals surface area contributed by atoms with Gasteiger partial charge in [0.2, 0.25) is 0 Å². The van der Waals surface area contributed by atoms with Crippen LogP contribution in [0.5, 0.6) is 0 Å². The first-order valence-electron chi connectivity index (χ1n) is 11.4. The molecule has 0 fully saturated rings. The highest BCUT2D eigenvalue weighted by Crippen LogP contribution is 2.31. The second kappa shape index (κ2) is 9.03. The van der Waals surface area contributed by atoms with Crippen LogP contribution in [0.3, 0.4) is 0 Å². The van der Waals surface area contributed by atoms with Gasteiger partial charge in [0.05, 0.1) is 28.5 Å². The summed E-state index contributed by atoms with van der Waals surface area (Å²) in [4.78, 5) is 37.2. The molecule has 0 bridgehead atoms. The van der Waals surface area contributed by atoms with Gasteiger partial charge in [0.15, 0.2) is 4.80 Å². The van der Waals surface area contributed by atoms with Crippen molar-refractivity contribution < 1.29 is 9.53 Å². The number of fused-ring (bicyclic) bond motifs is 2. The van der Waals surface area contributed by atoms with Crippen molar-refractivity contribution in [2.75, 3.05) is 25.6 Å². The van der Waals surface area contributed by atoms with Crippen LogP contribution in [0.25, 0.3) is 17.0 Å². The van der Waals surface area contributed by atoms with Crippen molar-refractivity contribution in [1.82, 2.24) is 9.55 Å². The number of rotatable bonds is 5. The number of benzene rings is 2. The van der Waals surface area contributed by atoms with Crippen LogP contribution in [0.4, 0.5) is 5.69 Å². The largest absolute Gasteiger partial charge is 0.463 e. The number of esters is 1. The van der Waals surface area contributed by atoms with Crippen molar-refractivity contribution >= 4 is 40.0 Å². The lowest BCUT2D eigenvalue weighted by Gasteiger charge is -2.25. The predicted octanol–water partition coefficient (Wildman–Crippen LogP) is 3.35. The first kappa shape index (κ1) is 22.9. The number of anilines is 1. The third-order valence-electron chi connectivity index (χ3n) is 6.15. The minimum absolute atomic E-state index is 0.185. The van der Waals surface area contributed by atoms with Crippen LogP contribution < -0.4 is 19.8 Å². The molecule has 0 unspecified atom stereocenters. The van der Waals surface area contributed by atoms with E-state index in [1.807, 2.05) is 79.8 Å². The molecule has 4 aromatic rings. The summed E-state index contributed by atoms with van der Waals surface area (Å²) in [6.45, 7) is 3.81. The molecule has 8 heteroatoms. The molecule has 0 saturated heterocycles. The fourth-order valence-electron chi connectivity index (χ4n) is 4.42. The Hall–Kier alpha value is -3.91. The fourth-order valence-corrected chi connectivity index (χ4v) is 5.45. The maximum atomic E-state index is 13.8. The summed E-state index contributed by atoms with van der Waals surface area (Å²) in [7, 11) is 3.94. The fraction of sp³-hybridized carbons (Fsp3) is 0.222. The molecule has 0 radical (unpaired) electrons. The van der Waals surface area contributed by atoms with Gasteiger partial charge >= 0.3 is 5.97 Å². The Morgan fingerprint density at radius 2 is 1.94 bits per heavy atom. The number of hydrogen-bond acceptors (Lipinski definition) is 6. The van der Waals surface area contributed by atoms with Crippen molar-refractivity contribution in [3.05, 3.63) is 96.8 Å². The minimum atomic E-state index is -0.619. The monoisotopic (exact) mass is 486 g/mol. The lowest BCUT2D eigenvalue weighted by atomic mass is 9.95. The van der Waals surface area contributed by atoms with Crippen LogP contribution in [0.15, 0.2) is 75.8 Å². The van der Waals surface area contributed by atoms with E-state index < -0.39 is 12.0 Å². The molecule has 178 valence electrons. The van der Waals surface area contributed by atoms with Crippen molar-refractivity contribution in [3.8, 4) is 0 Å². The van der Waals surface area contributed by atoms with Crippen molar-refractivity contribution in [3.63, 3.8) is 0 Å². The molecular formula is C27H26N4O3S. The Morgan fingerprint density at radius 1 is 1.20 bits per heavy atom. The summed E-state index contributed by atoms with van der Waals surface area (Å²) < 4.78 is 7.55. The molecule has 0 saturated carbocycles. The number of hydrogen-bond donors (Lipinski definition) is 1. The molecule has 3 heterocycles. The quantitative estimate of drug-likeness (QED) is 0.439. The average molecular weight is 487 g/mol. The van der Waals surface area contributed by atoms with Crippen LogP contribution in [-0.2, 0) is 9.53 Å². The zero-order chi connectivity index (χ0) is 24.7. The number of para-hydroxylation sites is 1. The zero-order valence-corrected chi connectivity index (χ0v) is 20.8. The van der Waals surface area contributed by atoms with Gasteiger partial charge in [-0.1, -0.05) is 41.7 Å². The second-order valence-corrected chi connectivity index (χ2v) is 9.59. The number of carbonyl (C=O) groups is 1. The molecule has 0 aliphatic carbocycles. The number of aromatic nitrogens is 2. The summed E-state index contributed by atoms with van der Waals surface area (Å²) in [5.41, 5.74) is 4.55. The van der Waals surface area contributed by atoms with E-state index in [2.05, 4.69) is 9.98 Å². The van der Waals surface area contributed by atoms with Gasteiger partial charge in [0.25, 0.3) is 5.56 Å². The van der Waals surface area contributed by atoms with Gasteiger partial charge in [-0.05, 0) is 43.7 Å². The highest BCUT2D eigenvalue weighted by molar-refractivity contribution is 7.07. The van der Waals surface area contributed by atoms with Gasteiger partial charge in [-0.3, -0.25) is 9.36 Å². The Balaban J connectivity index is 1.72. The molecule has 1 aliphatic rings. The van der Waals surface area contributed by atoms with Gasteiger partial charge < -0.3 is 14.6 Å². The maximum absolute atomic E-state index is 13.8. The maximum Gasteiger partial charge on any atom is 0.338 e. The molecule has 5 rings (SSSR count). The number of ether oxygens (including phenoxy) is 1. The Labute approximate surface area is 206 Å². The summed E-state index contributed by atoms with van der Waals surface area (Å²) in [6.07, 6.45) is 3.79. The lowest BCUT2D eigenvalue weighted by Crippen LogP contribution is -2.39. The average Bonchev–Trinajstić information content (AvgIpc) is 3.39. The highest BCUT2D eigenvalue weighted by atomic mass is 32.1. The summed E-state index contributed by atoms with van der Waals surface area (Å²) in [5.74, 6) is -0.457. The van der Waals surface area contributed by atoms with Gasteiger partial charge in [-0.15, -0.1) is 0 Å². The number of nitrogens with zero attached hydrogens (tertiary/aromatic N) is 3. The molecule has 1 atom stereocenters. The zero-order valence-electron chi connectivity index (χ0n) is 20.0. The molecule has 2 aromatic heterocycles. The number of thiazole rings is 1. The van der Waals surface area contributed by atoms with Crippen molar-refractivity contribution in [2.24, 2.45) is 4.99 Å². The molecule has 1 N–H and O–H groups in total. The van der Waals surface area contributed by atoms with E-state index in [9.17, 15) is 9.59 Å². The van der Waals surface area contributed by atoms with Gasteiger partial charge in [-0.2, -0.15) is 0 Å². The minimum Gasteiger partial charge on any atom is -0.463 e. The molecule has 35 heavy (non-hydrogen) atoms. The number of H-pyrrole nitrogens is 1. The third kappa shape index (κ3) is 4.00. The normalized spacial score (nSPS) is 15.8. The molecular weight excluding hydrogens is 460 g/mol. The first-order valence-corrected chi connectivity index (χ1v) is 12.2. The Morgan fingerprint density at radius 3 is 2.66 bits per heavy atom. The number of carbonyl (C=O) groups excluding carboxylic acids is 1. The van der Waals surface area contributed by atoms with Gasteiger partial charge in [0.1, 0.15) is 0 Å². The predicted molar refractivity (Wildman–Crippen MR) is 139 cm³/mol. The van der Waals surface area contributed by atoms with Crippen molar-refractivity contribution in [2.45, 2.75) is 19.9 Å². The molecule has 7 nitrogen and oxygen atoms in total.